The number of rotatable bonds is 8. The Labute approximate surface area is 122 Å². The lowest BCUT2D eigenvalue weighted by Gasteiger charge is -2.23. The van der Waals surface area contributed by atoms with Gasteiger partial charge in [-0.15, -0.1) is 0 Å². The van der Waals surface area contributed by atoms with E-state index in [1.807, 2.05) is 6.07 Å². The fraction of sp³-hybridized carbons (Fsp3) is 0.692. The van der Waals surface area contributed by atoms with Gasteiger partial charge in [0.15, 0.2) is 0 Å². The third kappa shape index (κ3) is 4.40. The quantitative estimate of drug-likeness (QED) is 0.684. The molecule has 2 rings (SSSR count). The van der Waals surface area contributed by atoms with Crippen LogP contribution in [0.15, 0.2) is 10.7 Å². The molecule has 0 N–H and O–H groups in total. The van der Waals surface area contributed by atoms with Crippen LogP contribution in [-0.2, 0) is 9.47 Å². The molecule has 1 heterocycles. The number of halogens is 1. The summed E-state index contributed by atoms with van der Waals surface area (Å²) in [6, 6.07) is 1.96. The van der Waals surface area contributed by atoms with Gasteiger partial charge in [0.2, 0.25) is 0 Å². The number of aromatic nitrogens is 2. The second kappa shape index (κ2) is 7.17. The summed E-state index contributed by atoms with van der Waals surface area (Å²) in [5.41, 5.74) is 0. The Morgan fingerprint density at radius 3 is 2.37 bits per heavy atom. The molecule has 1 aliphatic carbocycles. The molecule has 1 saturated carbocycles. The highest BCUT2D eigenvalue weighted by molar-refractivity contribution is 9.10. The maximum absolute atomic E-state index is 5.16. The molecule has 0 aliphatic heterocycles. The Balaban J connectivity index is 2.13. The van der Waals surface area contributed by atoms with Crippen LogP contribution in [0.3, 0.4) is 0 Å². The van der Waals surface area contributed by atoms with E-state index in [4.69, 9.17) is 9.47 Å². The van der Waals surface area contributed by atoms with Gasteiger partial charge in [-0.25, -0.2) is 9.97 Å². The number of ether oxygens (including phenoxy) is 2. The van der Waals surface area contributed by atoms with Crippen molar-refractivity contribution >= 4 is 21.7 Å². The van der Waals surface area contributed by atoms with Gasteiger partial charge in [0.25, 0.3) is 0 Å². The molecule has 0 radical (unpaired) electrons. The first-order valence-electron chi connectivity index (χ1n) is 6.52. The largest absolute Gasteiger partial charge is 0.383 e. The van der Waals surface area contributed by atoms with Crippen LogP contribution in [0, 0.1) is 0 Å². The number of methoxy groups -OCH3 is 2. The van der Waals surface area contributed by atoms with Crippen LogP contribution in [0.5, 0.6) is 0 Å². The summed E-state index contributed by atoms with van der Waals surface area (Å²) in [7, 11) is 3.42. The average molecular weight is 330 g/mol. The van der Waals surface area contributed by atoms with Crippen LogP contribution in [0.1, 0.15) is 24.6 Å². The molecule has 1 aromatic rings. The summed E-state index contributed by atoms with van der Waals surface area (Å²) in [6.45, 7) is 2.94. The minimum atomic E-state index is 0.544. The van der Waals surface area contributed by atoms with Gasteiger partial charge in [0.1, 0.15) is 16.2 Å². The lowest BCUT2D eigenvalue weighted by Crippen LogP contribution is -2.31. The molecular weight excluding hydrogens is 310 g/mol. The minimum absolute atomic E-state index is 0.544. The normalized spacial score (nSPS) is 14.7. The highest BCUT2D eigenvalue weighted by atomic mass is 79.9. The van der Waals surface area contributed by atoms with E-state index >= 15 is 0 Å². The van der Waals surface area contributed by atoms with Crippen molar-refractivity contribution in [3.8, 4) is 0 Å². The molecule has 0 saturated heterocycles. The van der Waals surface area contributed by atoms with Gasteiger partial charge in [-0.3, -0.25) is 0 Å². The zero-order valence-electron chi connectivity index (χ0n) is 11.4. The van der Waals surface area contributed by atoms with E-state index in [0.717, 1.165) is 29.3 Å². The fourth-order valence-electron chi connectivity index (χ4n) is 1.85. The number of hydrogen-bond acceptors (Lipinski definition) is 5. The average Bonchev–Trinajstić information content (AvgIpc) is 3.22. The van der Waals surface area contributed by atoms with E-state index in [0.29, 0.717) is 19.1 Å². The first kappa shape index (κ1) is 14.7. The second-order valence-corrected chi connectivity index (χ2v) is 5.47. The van der Waals surface area contributed by atoms with Crippen molar-refractivity contribution in [3.05, 3.63) is 16.5 Å². The van der Waals surface area contributed by atoms with Gasteiger partial charge < -0.3 is 14.4 Å². The van der Waals surface area contributed by atoms with Crippen molar-refractivity contribution in [1.29, 1.82) is 0 Å². The molecule has 0 unspecified atom stereocenters. The molecule has 0 spiro atoms. The number of nitrogens with zero attached hydrogens (tertiary/aromatic N) is 3. The SMILES string of the molecule is COCCN(CCOC)c1cc(Br)nc(C2CC2)n1. The summed E-state index contributed by atoms with van der Waals surface area (Å²) in [5.74, 6) is 2.44. The molecule has 0 aromatic carbocycles. The van der Waals surface area contributed by atoms with Crippen LogP contribution in [0.4, 0.5) is 5.82 Å². The third-order valence-electron chi connectivity index (χ3n) is 3.10. The molecule has 0 amide bonds. The topological polar surface area (TPSA) is 47.5 Å². The van der Waals surface area contributed by atoms with Gasteiger partial charge >= 0.3 is 0 Å². The molecule has 0 bridgehead atoms. The molecule has 1 fully saturated rings. The Hall–Kier alpha value is -0.720. The summed E-state index contributed by atoms with van der Waals surface area (Å²) in [6.07, 6.45) is 2.40. The van der Waals surface area contributed by atoms with Crippen LogP contribution < -0.4 is 4.90 Å². The zero-order chi connectivity index (χ0) is 13.7. The van der Waals surface area contributed by atoms with E-state index in [-0.39, 0.29) is 0 Å². The van der Waals surface area contributed by atoms with E-state index in [1.54, 1.807) is 14.2 Å². The summed E-state index contributed by atoms with van der Waals surface area (Å²) in [4.78, 5) is 11.3. The Bertz CT molecular complexity index is 405. The minimum Gasteiger partial charge on any atom is -0.383 e. The molecule has 1 aromatic heterocycles. The van der Waals surface area contributed by atoms with Gasteiger partial charge in [0.05, 0.1) is 13.2 Å². The molecule has 19 heavy (non-hydrogen) atoms. The molecule has 6 heteroatoms. The monoisotopic (exact) mass is 329 g/mol. The first-order chi connectivity index (χ1) is 9.24. The molecule has 106 valence electrons. The summed E-state index contributed by atoms with van der Waals surface area (Å²) < 4.78 is 11.2. The van der Waals surface area contributed by atoms with Crippen molar-refractivity contribution < 1.29 is 9.47 Å². The zero-order valence-corrected chi connectivity index (χ0v) is 13.0. The van der Waals surface area contributed by atoms with E-state index in [1.165, 1.54) is 12.8 Å². The standard InChI is InChI=1S/C13H20BrN3O2/c1-18-7-5-17(6-8-19-2)12-9-11(14)15-13(16-12)10-3-4-10/h9-10H,3-8H2,1-2H3. The predicted octanol–water partition coefficient (Wildman–Crippen LogP) is 2.22. The lowest BCUT2D eigenvalue weighted by atomic mass is 10.3. The molecule has 0 atom stereocenters. The maximum atomic E-state index is 5.16. The van der Waals surface area contributed by atoms with E-state index in [9.17, 15) is 0 Å². The lowest BCUT2D eigenvalue weighted by molar-refractivity contribution is 0.190. The first-order valence-corrected chi connectivity index (χ1v) is 7.31. The van der Waals surface area contributed by atoms with Crippen LogP contribution in [-0.4, -0.2) is 50.5 Å². The number of anilines is 1. The van der Waals surface area contributed by atoms with Gasteiger partial charge in [-0.1, -0.05) is 0 Å². The second-order valence-electron chi connectivity index (χ2n) is 4.65. The maximum Gasteiger partial charge on any atom is 0.135 e. The van der Waals surface area contributed by atoms with E-state index < -0.39 is 0 Å². The third-order valence-corrected chi connectivity index (χ3v) is 3.50. The Morgan fingerprint density at radius 2 is 1.84 bits per heavy atom. The van der Waals surface area contributed by atoms with Crippen LogP contribution >= 0.6 is 15.9 Å². The Morgan fingerprint density at radius 1 is 1.21 bits per heavy atom. The predicted molar refractivity (Wildman–Crippen MR) is 77.7 cm³/mol. The molecular formula is C13H20BrN3O2. The molecule has 1 aliphatic rings. The van der Waals surface area contributed by atoms with Crippen molar-refractivity contribution in [2.75, 3.05) is 45.4 Å². The fourth-order valence-corrected chi connectivity index (χ4v) is 2.24. The molecule has 5 nitrogen and oxygen atoms in total. The van der Waals surface area contributed by atoms with Gasteiger partial charge in [0, 0.05) is 39.3 Å². The van der Waals surface area contributed by atoms with Crippen molar-refractivity contribution in [3.63, 3.8) is 0 Å². The van der Waals surface area contributed by atoms with E-state index in [2.05, 4.69) is 30.8 Å². The van der Waals surface area contributed by atoms with Gasteiger partial charge in [-0.2, -0.15) is 0 Å². The van der Waals surface area contributed by atoms with Crippen molar-refractivity contribution in [2.45, 2.75) is 18.8 Å². The van der Waals surface area contributed by atoms with Gasteiger partial charge in [-0.05, 0) is 28.8 Å². The Kier molecular flexibility index (Phi) is 5.54. The van der Waals surface area contributed by atoms with Crippen LogP contribution in [0.2, 0.25) is 0 Å². The number of hydrogen-bond donors (Lipinski definition) is 0. The summed E-state index contributed by atoms with van der Waals surface area (Å²) in [5, 5.41) is 0. The van der Waals surface area contributed by atoms with Crippen molar-refractivity contribution in [2.24, 2.45) is 0 Å². The van der Waals surface area contributed by atoms with Crippen LogP contribution in [0.25, 0.3) is 0 Å². The smallest absolute Gasteiger partial charge is 0.135 e. The highest BCUT2D eigenvalue weighted by Gasteiger charge is 2.27. The summed E-state index contributed by atoms with van der Waals surface area (Å²) >= 11 is 3.47. The van der Waals surface area contributed by atoms with Crippen molar-refractivity contribution in [1.82, 2.24) is 9.97 Å². The highest BCUT2D eigenvalue weighted by Crippen LogP contribution is 2.39.